The summed E-state index contributed by atoms with van der Waals surface area (Å²) >= 11 is 0. The molecule has 0 saturated carbocycles. The number of amides is 1. The smallest absolute Gasteiger partial charge is 0.251 e. The lowest BCUT2D eigenvalue weighted by Crippen LogP contribution is -2.36. The zero-order valence-electron chi connectivity index (χ0n) is 19.6. The summed E-state index contributed by atoms with van der Waals surface area (Å²) in [6.07, 6.45) is 6.68. The molecule has 6 nitrogen and oxygen atoms in total. The average molecular weight is 470 g/mol. The Balaban J connectivity index is 1.42. The van der Waals surface area contributed by atoms with Crippen LogP contribution >= 0.6 is 0 Å². The zero-order chi connectivity index (χ0) is 23.3. The van der Waals surface area contributed by atoms with Gasteiger partial charge in [-0.1, -0.05) is 43.2 Å². The molecular weight excluding hydrogens is 434 g/mol. The maximum Gasteiger partial charge on any atom is 0.251 e. The highest BCUT2D eigenvalue weighted by molar-refractivity contribution is 7.89. The van der Waals surface area contributed by atoms with Crippen LogP contribution in [0.1, 0.15) is 65.6 Å². The van der Waals surface area contributed by atoms with E-state index in [1.165, 1.54) is 30.9 Å². The largest absolute Gasteiger partial charge is 0.348 e. The van der Waals surface area contributed by atoms with Gasteiger partial charge in [0.25, 0.3) is 5.91 Å². The van der Waals surface area contributed by atoms with Crippen molar-refractivity contribution in [1.82, 2.24) is 14.5 Å². The molecule has 0 unspecified atom stereocenters. The normalized spacial score (nSPS) is 18.2. The SMILES string of the molecule is Cc1ccc(C(=O)NCc2cccc(CN3CCCCC3)c2)cc1S(=O)(=O)N1CCCCC1. The summed E-state index contributed by atoms with van der Waals surface area (Å²) < 4.78 is 27.9. The number of carbonyl (C=O) groups excluding carboxylic acids is 1. The number of rotatable bonds is 7. The maximum atomic E-state index is 13.2. The van der Waals surface area contributed by atoms with E-state index in [0.29, 0.717) is 30.8 Å². The molecule has 7 heteroatoms. The molecule has 2 saturated heterocycles. The summed E-state index contributed by atoms with van der Waals surface area (Å²) in [5.74, 6) is -0.258. The second-order valence-corrected chi connectivity index (χ2v) is 11.2. The van der Waals surface area contributed by atoms with Gasteiger partial charge in [-0.2, -0.15) is 4.31 Å². The van der Waals surface area contributed by atoms with Crippen LogP contribution in [0.4, 0.5) is 0 Å². The predicted octanol–water partition coefficient (Wildman–Crippen LogP) is 4.09. The molecule has 1 amide bonds. The molecule has 2 fully saturated rings. The fourth-order valence-corrected chi connectivity index (χ4v) is 6.53. The van der Waals surface area contributed by atoms with Crippen LogP contribution in [0.3, 0.4) is 0 Å². The van der Waals surface area contributed by atoms with E-state index < -0.39 is 10.0 Å². The molecule has 0 atom stereocenters. The summed E-state index contributed by atoms with van der Waals surface area (Å²) in [5.41, 5.74) is 3.35. The van der Waals surface area contributed by atoms with E-state index in [-0.39, 0.29) is 10.8 Å². The Morgan fingerprint density at radius 2 is 1.55 bits per heavy atom. The van der Waals surface area contributed by atoms with Crippen molar-refractivity contribution in [2.75, 3.05) is 26.2 Å². The number of carbonyl (C=O) groups is 1. The van der Waals surface area contributed by atoms with Gasteiger partial charge < -0.3 is 5.32 Å². The van der Waals surface area contributed by atoms with Gasteiger partial charge >= 0.3 is 0 Å². The van der Waals surface area contributed by atoms with Gasteiger partial charge in [-0.25, -0.2) is 8.42 Å². The molecular formula is C26H35N3O3S. The molecule has 4 rings (SSSR count). The number of nitrogens with zero attached hydrogens (tertiary/aromatic N) is 2. The van der Waals surface area contributed by atoms with Gasteiger partial charge in [0, 0.05) is 31.7 Å². The van der Waals surface area contributed by atoms with E-state index >= 15 is 0 Å². The number of piperidine rings is 2. The lowest BCUT2D eigenvalue weighted by atomic mass is 10.1. The van der Waals surface area contributed by atoms with Gasteiger partial charge in [0.1, 0.15) is 0 Å². The molecule has 1 N–H and O–H groups in total. The van der Waals surface area contributed by atoms with Crippen LogP contribution in [0.25, 0.3) is 0 Å². The quantitative estimate of drug-likeness (QED) is 0.663. The van der Waals surface area contributed by atoms with Gasteiger partial charge in [0.05, 0.1) is 4.90 Å². The summed E-state index contributed by atoms with van der Waals surface area (Å²) in [6, 6.07) is 13.3. The fraction of sp³-hybridized carbons (Fsp3) is 0.500. The van der Waals surface area contributed by atoms with E-state index in [1.54, 1.807) is 23.4 Å². The predicted molar refractivity (Wildman–Crippen MR) is 131 cm³/mol. The first-order chi connectivity index (χ1) is 15.9. The minimum Gasteiger partial charge on any atom is -0.348 e. The molecule has 0 aromatic heterocycles. The number of sulfonamides is 1. The van der Waals surface area contributed by atoms with Crippen molar-refractivity contribution >= 4 is 15.9 Å². The zero-order valence-corrected chi connectivity index (χ0v) is 20.4. The van der Waals surface area contributed by atoms with E-state index in [4.69, 9.17) is 0 Å². The molecule has 2 aliphatic rings. The fourth-order valence-electron chi connectivity index (χ4n) is 4.76. The summed E-state index contributed by atoms with van der Waals surface area (Å²) in [5, 5.41) is 2.96. The van der Waals surface area contributed by atoms with Crippen molar-refractivity contribution in [2.24, 2.45) is 0 Å². The van der Waals surface area contributed by atoms with Crippen molar-refractivity contribution in [2.45, 2.75) is 63.4 Å². The highest BCUT2D eigenvalue weighted by Crippen LogP contribution is 2.24. The van der Waals surface area contributed by atoms with Gasteiger partial charge in [0.2, 0.25) is 10.0 Å². The third-order valence-corrected chi connectivity index (χ3v) is 8.72. The third-order valence-electron chi connectivity index (χ3n) is 6.68. The molecule has 0 spiro atoms. The number of benzene rings is 2. The van der Waals surface area contributed by atoms with Crippen LogP contribution in [0, 0.1) is 6.92 Å². The first-order valence-electron chi connectivity index (χ1n) is 12.1. The molecule has 178 valence electrons. The molecule has 33 heavy (non-hydrogen) atoms. The molecule has 2 aromatic rings. The summed E-state index contributed by atoms with van der Waals surface area (Å²) in [6.45, 7) is 6.53. The molecule has 0 aliphatic carbocycles. The van der Waals surface area contributed by atoms with Crippen LogP contribution in [0.5, 0.6) is 0 Å². The first-order valence-corrected chi connectivity index (χ1v) is 13.6. The number of hydrogen-bond acceptors (Lipinski definition) is 4. The topological polar surface area (TPSA) is 69.7 Å². The summed E-state index contributed by atoms with van der Waals surface area (Å²) in [4.78, 5) is 15.6. The Morgan fingerprint density at radius 3 is 2.27 bits per heavy atom. The Kier molecular flexibility index (Phi) is 7.83. The minimum atomic E-state index is -3.59. The highest BCUT2D eigenvalue weighted by Gasteiger charge is 2.28. The number of likely N-dealkylation sites (tertiary alicyclic amines) is 1. The molecule has 2 aliphatic heterocycles. The van der Waals surface area contributed by atoms with Gasteiger partial charge in [-0.3, -0.25) is 9.69 Å². The van der Waals surface area contributed by atoms with Gasteiger partial charge in [-0.05, 0) is 74.5 Å². The van der Waals surface area contributed by atoms with Gasteiger partial charge in [-0.15, -0.1) is 0 Å². The number of aryl methyl sites for hydroxylation is 1. The van der Waals surface area contributed by atoms with E-state index in [2.05, 4.69) is 22.3 Å². The van der Waals surface area contributed by atoms with Crippen molar-refractivity contribution in [3.05, 3.63) is 64.7 Å². The maximum absolute atomic E-state index is 13.2. The van der Waals surface area contributed by atoms with Crippen LogP contribution in [-0.2, 0) is 23.1 Å². The Labute approximate surface area is 198 Å². The lowest BCUT2D eigenvalue weighted by molar-refractivity contribution is 0.0950. The van der Waals surface area contributed by atoms with Crippen molar-refractivity contribution in [3.8, 4) is 0 Å². The monoisotopic (exact) mass is 469 g/mol. The second kappa shape index (κ2) is 10.8. The van der Waals surface area contributed by atoms with Crippen LogP contribution in [0.2, 0.25) is 0 Å². The van der Waals surface area contributed by atoms with Crippen molar-refractivity contribution < 1.29 is 13.2 Å². The number of nitrogens with one attached hydrogen (secondary N) is 1. The standard InChI is InChI=1S/C26H35N3O3S/c1-21-11-12-24(18-25(21)33(31,32)29-15-6-3-7-16-29)26(30)27-19-22-9-8-10-23(17-22)20-28-13-4-2-5-14-28/h8-12,17-18H,2-7,13-16,19-20H2,1H3,(H,27,30). The van der Waals surface area contributed by atoms with E-state index in [1.807, 2.05) is 12.1 Å². The van der Waals surface area contributed by atoms with Gasteiger partial charge in [0.15, 0.2) is 0 Å². The van der Waals surface area contributed by atoms with E-state index in [9.17, 15) is 13.2 Å². The minimum absolute atomic E-state index is 0.237. The molecule has 0 radical (unpaired) electrons. The highest BCUT2D eigenvalue weighted by atomic mass is 32.2. The van der Waals surface area contributed by atoms with Crippen molar-refractivity contribution in [1.29, 1.82) is 0 Å². The Hall–Kier alpha value is -2.22. The average Bonchev–Trinajstić information content (AvgIpc) is 2.84. The molecule has 0 bridgehead atoms. The van der Waals surface area contributed by atoms with Crippen LogP contribution < -0.4 is 5.32 Å². The first kappa shape index (κ1) is 23.9. The second-order valence-electron chi connectivity index (χ2n) is 9.28. The number of hydrogen-bond donors (Lipinski definition) is 1. The molecule has 2 heterocycles. The van der Waals surface area contributed by atoms with E-state index in [0.717, 1.165) is 44.5 Å². The third kappa shape index (κ3) is 6.02. The van der Waals surface area contributed by atoms with Crippen molar-refractivity contribution in [3.63, 3.8) is 0 Å². The van der Waals surface area contributed by atoms with Crippen LogP contribution in [0.15, 0.2) is 47.4 Å². The lowest BCUT2D eigenvalue weighted by Gasteiger charge is -2.26. The Bertz CT molecular complexity index is 1070. The summed E-state index contributed by atoms with van der Waals surface area (Å²) in [7, 11) is -3.59. The molecule has 2 aromatic carbocycles. The van der Waals surface area contributed by atoms with Crippen LogP contribution in [-0.4, -0.2) is 49.7 Å². The Morgan fingerprint density at radius 1 is 0.879 bits per heavy atom.